The predicted octanol–water partition coefficient (Wildman–Crippen LogP) is 1.99. The van der Waals surface area contributed by atoms with Crippen LogP contribution in [0.25, 0.3) is 11.0 Å². The molecule has 2 aromatic rings. The number of rotatable bonds is 2. The third-order valence-corrected chi connectivity index (χ3v) is 2.89. The topological polar surface area (TPSA) is 78.1 Å². The third kappa shape index (κ3) is 1.78. The quantitative estimate of drug-likeness (QED) is 0.652. The normalized spacial score (nSPS) is 10.5. The Morgan fingerprint density at radius 3 is 2.76 bits per heavy atom. The molecule has 17 heavy (non-hydrogen) atoms. The van der Waals surface area contributed by atoms with Gasteiger partial charge in [-0.15, -0.1) is 0 Å². The van der Waals surface area contributed by atoms with Crippen molar-refractivity contribution in [2.24, 2.45) is 0 Å². The highest BCUT2D eigenvalue weighted by molar-refractivity contribution is 6.32. The molecule has 0 saturated heterocycles. The van der Waals surface area contributed by atoms with E-state index in [0.717, 1.165) is 5.56 Å². The van der Waals surface area contributed by atoms with Gasteiger partial charge in [-0.05, 0) is 18.6 Å². The number of nitrogen functional groups attached to an aromatic ring is 1. The second-order valence-electron chi connectivity index (χ2n) is 3.50. The lowest BCUT2D eigenvalue weighted by molar-refractivity contribution is 0.111. The summed E-state index contributed by atoms with van der Waals surface area (Å²) in [6.45, 7) is 1.79. The number of carbonyl (C=O) groups is 1. The summed E-state index contributed by atoms with van der Waals surface area (Å²) in [5, 5.41) is 0.492. The standard InChI is InChI=1S/C11H10ClN3O2/c1-5-6(12)3-7-10(9(5)13)15-11(17-2)8(4-16)14-7/h3-4H,13H2,1-2H3. The van der Waals surface area contributed by atoms with Crippen LogP contribution in [0, 0.1) is 6.92 Å². The average molecular weight is 252 g/mol. The van der Waals surface area contributed by atoms with Crippen LogP contribution in [0.4, 0.5) is 5.69 Å². The fourth-order valence-electron chi connectivity index (χ4n) is 1.51. The lowest BCUT2D eigenvalue weighted by Gasteiger charge is -2.09. The van der Waals surface area contributed by atoms with E-state index in [9.17, 15) is 4.79 Å². The molecule has 0 amide bonds. The van der Waals surface area contributed by atoms with Crippen LogP contribution < -0.4 is 10.5 Å². The minimum absolute atomic E-state index is 0.124. The van der Waals surface area contributed by atoms with Crippen LogP contribution in [0.3, 0.4) is 0 Å². The van der Waals surface area contributed by atoms with Crippen molar-refractivity contribution in [3.63, 3.8) is 0 Å². The molecule has 88 valence electrons. The fourth-order valence-corrected chi connectivity index (χ4v) is 1.71. The molecule has 0 radical (unpaired) electrons. The number of nitrogens with two attached hydrogens (primary N) is 1. The molecule has 0 unspecified atom stereocenters. The minimum Gasteiger partial charge on any atom is -0.479 e. The number of carbonyl (C=O) groups excluding carboxylic acids is 1. The highest BCUT2D eigenvalue weighted by atomic mass is 35.5. The van der Waals surface area contributed by atoms with Crippen molar-refractivity contribution in [3.8, 4) is 5.88 Å². The smallest absolute Gasteiger partial charge is 0.243 e. The monoisotopic (exact) mass is 251 g/mol. The SMILES string of the molecule is COc1nc2c(N)c(C)c(Cl)cc2nc1C=O. The summed E-state index contributed by atoms with van der Waals surface area (Å²) in [5.74, 6) is 0.154. The highest BCUT2D eigenvalue weighted by Crippen LogP contribution is 2.30. The van der Waals surface area contributed by atoms with E-state index in [2.05, 4.69) is 9.97 Å². The molecule has 6 heteroatoms. The first-order valence-corrected chi connectivity index (χ1v) is 5.21. The number of ether oxygens (including phenoxy) is 1. The first-order valence-electron chi connectivity index (χ1n) is 4.84. The van der Waals surface area contributed by atoms with E-state index >= 15 is 0 Å². The van der Waals surface area contributed by atoms with Crippen molar-refractivity contribution >= 4 is 34.6 Å². The van der Waals surface area contributed by atoms with Crippen LogP contribution in [0.2, 0.25) is 5.02 Å². The molecule has 0 spiro atoms. The van der Waals surface area contributed by atoms with E-state index in [4.69, 9.17) is 22.1 Å². The molecule has 2 rings (SSSR count). The molecule has 0 atom stereocenters. The number of halogens is 1. The van der Waals surface area contributed by atoms with Gasteiger partial charge in [-0.1, -0.05) is 11.6 Å². The molecule has 1 aromatic heterocycles. The summed E-state index contributed by atoms with van der Waals surface area (Å²) in [6, 6.07) is 1.63. The lowest BCUT2D eigenvalue weighted by Crippen LogP contribution is -2.02. The molecule has 0 bridgehead atoms. The molecule has 2 N–H and O–H groups in total. The maximum absolute atomic E-state index is 10.8. The first-order chi connectivity index (χ1) is 8.08. The van der Waals surface area contributed by atoms with Crippen LogP contribution in [0.1, 0.15) is 16.1 Å². The van der Waals surface area contributed by atoms with Crippen molar-refractivity contribution in [2.45, 2.75) is 6.92 Å². The Labute approximate surface area is 103 Å². The summed E-state index contributed by atoms with van der Waals surface area (Å²) < 4.78 is 4.98. The number of fused-ring (bicyclic) bond motifs is 1. The van der Waals surface area contributed by atoms with Gasteiger partial charge >= 0.3 is 0 Å². The Morgan fingerprint density at radius 2 is 2.18 bits per heavy atom. The second-order valence-corrected chi connectivity index (χ2v) is 3.91. The Bertz CT molecular complexity index is 613. The van der Waals surface area contributed by atoms with Gasteiger partial charge in [-0.2, -0.15) is 0 Å². The van der Waals surface area contributed by atoms with Crippen LogP contribution in [0.5, 0.6) is 5.88 Å². The maximum Gasteiger partial charge on any atom is 0.243 e. The summed E-state index contributed by atoms with van der Waals surface area (Å²) in [5.41, 5.74) is 8.15. The first kappa shape index (κ1) is 11.6. The van der Waals surface area contributed by atoms with Crippen LogP contribution in [0.15, 0.2) is 6.07 Å². The third-order valence-electron chi connectivity index (χ3n) is 2.50. The summed E-state index contributed by atoms with van der Waals surface area (Å²) in [7, 11) is 1.42. The van der Waals surface area contributed by atoms with Gasteiger partial charge in [0.05, 0.1) is 18.3 Å². The van der Waals surface area contributed by atoms with Gasteiger partial charge in [0.25, 0.3) is 0 Å². The number of anilines is 1. The van der Waals surface area contributed by atoms with E-state index in [0.29, 0.717) is 28.0 Å². The largest absolute Gasteiger partial charge is 0.479 e. The predicted molar refractivity (Wildman–Crippen MR) is 65.6 cm³/mol. The summed E-state index contributed by atoms with van der Waals surface area (Å²) in [6.07, 6.45) is 0.579. The number of nitrogens with zero attached hydrogens (tertiary/aromatic N) is 2. The van der Waals surface area contributed by atoms with Gasteiger partial charge in [0.2, 0.25) is 5.88 Å². The van der Waals surface area contributed by atoms with Gasteiger partial charge in [-0.25, -0.2) is 9.97 Å². The molecule has 5 nitrogen and oxygen atoms in total. The van der Waals surface area contributed by atoms with Crippen molar-refractivity contribution < 1.29 is 9.53 Å². The summed E-state index contributed by atoms with van der Waals surface area (Å²) in [4.78, 5) is 19.1. The van der Waals surface area contributed by atoms with Gasteiger partial charge in [0.1, 0.15) is 5.52 Å². The number of hydrogen-bond acceptors (Lipinski definition) is 5. The highest BCUT2D eigenvalue weighted by Gasteiger charge is 2.13. The van der Waals surface area contributed by atoms with Crippen LogP contribution in [-0.2, 0) is 0 Å². The van der Waals surface area contributed by atoms with Crippen molar-refractivity contribution in [1.82, 2.24) is 9.97 Å². The minimum atomic E-state index is 0.124. The van der Waals surface area contributed by atoms with E-state index in [-0.39, 0.29) is 11.6 Å². The molecule has 0 fully saturated rings. The van der Waals surface area contributed by atoms with E-state index < -0.39 is 0 Å². The molecule has 1 heterocycles. The van der Waals surface area contributed by atoms with Gasteiger partial charge in [-0.3, -0.25) is 4.79 Å². The lowest BCUT2D eigenvalue weighted by atomic mass is 10.1. The fraction of sp³-hybridized carbons (Fsp3) is 0.182. The Hall–Kier alpha value is -1.88. The molecule has 0 aliphatic carbocycles. The average Bonchev–Trinajstić information content (AvgIpc) is 2.34. The number of benzene rings is 1. The zero-order chi connectivity index (χ0) is 12.6. The zero-order valence-electron chi connectivity index (χ0n) is 9.32. The van der Waals surface area contributed by atoms with E-state index in [1.54, 1.807) is 13.0 Å². The van der Waals surface area contributed by atoms with Crippen molar-refractivity contribution in [3.05, 3.63) is 22.3 Å². The van der Waals surface area contributed by atoms with Gasteiger partial charge in [0.15, 0.2) is 12.0 Å². The van der Waals surface area contributed by atoms with Gasteiger partial charge < -0.3 is 10.5 Å². The van der Waals surface area contributed by atoms with Crippen LogP contribution >= 0.6 is 11.6 Å². The molecule has 1 aromatic carbocycles. The Kier molecular flexibility index (Phi) is 2.85. The number of methoxy groups -OCH3 is 1. The maximum atomic E-state index is 10.8. The molecular weight excluding hydrogens is 242 g/mol. The molecule has 0 saturated carbocycles. The van der Waals surface area contributed by atoms with Gasteiger partial charge in [0, 0.05) is 5.02 Å². The van der Waals surface area contributed by atoms with Crippen LogP contribution in [-0.4, -0.2) is 23.4 Å². The zero-order valence-corrected chi connectivity index (χ0v) is 10.1. The van der Waals surface area contributed by atoms with E-state index in [1.807, 2.05) is 0 Å². The van der Waals surface area contributed by atoms with Crippen molar-refractivity contribution in [1.29, 1.82) is 0 Å². The molecule has 0 aliphatic heterocycles. The Morgan fingerprint density at radius 1 is 1.47 bits per heavy atom. The molecular formula is C11H10ClN3O2. The summed E-state index contributed by atoms with van der Waals surface area (Å²) >= 11 is 5.99. The number of hydrogen-bond donors (Lipinski definition) is 1. The number of aldehydes is 1. The van der Waals surface area contributed by atoms with E-state index in [1.165, 1.54) is 7.11 Å². The number of aromatic nitrogens is 2. The van der Waals surface area contributed by atoms with Crippen molar-refractivity contribution in [2.75, 3.05) is 12.8 Å². The second kappa shape index (κ2) is 4.18. The Balaban J connectivity index is 2.88. The molecule has 0 aliphatic rings.